The number of amides is 1. The largest absolute Gasteiger partial charge is 0.423 e. The lowest BCUT2D eigenvalue weighted by atomic mass is 9.68. The molecule has 2 atom stereocenters. The second-order valence-corrected chi connectivity index (χ2v) is 7.35. The van der Waals surface area contributed by atoms with E-state index >= 15 is 0 Å². The molecule has 2 unspecified atom stereocenters. The molecule has 0 saturated heterocycles. The molecular formula is C17H20F2N2O2. The molecule has 2 aromatic rings. The number of hydrogen-bond acceptors (Lipinski definition) is 3. The summed E-state index contributed by atoms with van der Waals surface area (Å²) in [6, 6.07) is 1.69. The van der Waals surface area contributed by atoms with Gasteiger partial charge >= 0.3 is 6.01 Å². The molecule has 1 aliphatic carbocycles. The summed E-state index contributed by atoms with van der Waals surface area (Å²) in [5.41, 5.74) is 0.00475. The van der Waals surface area contributed by atoms with Crippen molar-refractivity contribution in [2.24, 2.45) is 17.3 Å². The molecule has 23 heavy (non-hydrogen) atoms. The van der Waals surface area contributed by atoms with Crippen molar-refractivity contribution < 1.29 is 18.0 Å². The first-order valence-corrected chi connectivity index (χ1v) is 7.80. The lowest BCUT2D eigenvalue weighted by molar-refractivity contribution is -0.122. The van der Waals surface area contributed by atoms with E-state index < -0.39 is 11.6 Å². The molecule has 3 rings (SSSR count). The Kier molecular flexibility index (Phi) is 3.86. The third kappa shape index (κ3) is 3.35. The van der Waals surface area contributed by atoms with Crippen LogP contribution in [0.15, 0.2) is 16.5 Å². The Morgan fingerprint density at radius 1 is 1.35 bits per heavy atom. The number of nitrogens with one attached hydrogen (secondary N) is 1. The lowest BCUT2D eigenvalue weighted by Crippen LogP contribution is -2.34. The topological polar surface area (TPSA) is 55.1 Å². The molecule has 1 aromatic heterocycles. The van der Waals surface area contributed by atoms with Gasteiger partial charge < -0.3 is 4.42 Å². The van der Waals surface area contributed by atoms with Crippen molar-refractivity contribution in [1.29, 1.82) is 0 Å². The smallest absolute Gasteiger partial charge is 0.302 e. The Bertz CT molecular complexity index is 754. The molecule has 1 fully saturated rings. The van der Waals surface area contributed by atoms with Crippen LogP contribution in [0.25, 0.3) is 11.1 Å². The number of carbonyl (C=O) groups is 1. The van der Waals surface area contributed by atoms with Crippen LogP contribution in [0.4, 0.5) is 14.8 Å². The van der Waals surface area contributed by atoms with Gasteiger partial charge in [-0.15, -0.1) is 0 Å². The number of anilines is 1. The van der Waals surface area contributed by atoms with Crippen LogP contribution < -0.4 is 5.32 Å². The number of aromatic nitrogens is 1. The lowest BCUT2D eigenvalue weighted by Gasteiger charge is -2.38. The SMILES string of the molecule is CC1CC(C(=O)Nc2nc3c(F)cc(F)cc3o2)CC(C)(C)C1. The van der Waals surface area contributed by atoms with Crippen LogP contribution in [0.1, 0.15) is 40.0 Å². The van der Waals surface area contributed by atoms with Gasteiger partial charge in [-0.2, -0.15) is 4.98 Å². The van der Waals surface area contributed by atoms with E-state index in [-0.39, 0.29) is 34.4 Å². The molecule has 0 bridgehead atoms. The zero-order valence-electron chi connectivity index (χ0n) is 13.5. The molecular weight excluding hydrogens is 302 g/mol. The van der Waals surface area contributed by atoms with Crippen LogP contribution in [0.5, 0.6) is 0 Å². The molecule has 124 valence electrons. The highest BCUT2D eigenvalue weighted by molar-refractivity contribution is 5.92. The van der Waals surface area contributed by atoms with E-state index in [1.165, 1.54) is 0 Å². The Hall–Kier alpha value is -1.98. The third-order valence-corrected chi connectivity index (χ3v) is 4.40. The number of benzene rings is 1. The first-order chi connectivity index (χ1) is 10.7. The van der Waals surface area contributed by atoms with E-state index in [9.17, 15) is 13.6 Å². The first-order valence-electron chi connectivity index (χ1n) is 7.80. The van der Waals surface area contributed by atoms with E-state index in [0.717, 1.165) is 31.4 Å². The van der Waals surface area contributed by atoms with Crippen molar-refractivity contribution in [3.63, 3.8) is 0 Å². The van der Waals surface area contributed by atoms with Gasteiger partial charge in [0.1, 0.15) is 11.3 Å². The molecule has 1 saturated carbocycles. The molecule has 4 nitrogen and oxygen atoms in total. The summed E-state index contributed by atoms with van der Waals surface area (Å²) < 4.78 is 32.1. The first kappa shape index (κ1) is 15.9. The van der Waals surface area contributed by atoms with Crippen molar-refractivity contribution in [2.75, 3.05) is 5.32 Å². The molecule has 1 heterocycles. The quantitative estimate of drug-likeness (QED) is 0.885. The monoisotopic (exact) mass is 322 g/mol. The van der Waals surface area contributed by atoms with Gasteiger partial charge in [-0.25, -0.2) is 8.78 Å². The molecule has 0 aliphatic heterocycles. The maximum Gasteiger partial charge on any atom is 0.302 e. The van der Waals surface area contributed by atoms with Crippen LogP contribution in [0, 0.1) is 28.9 Å². The average Bonchev–Trinajstić information content (AvgIpc) is 2.78. The fourth-order valence-corrected chi connectivity index (χ4v) is 3.76. The maximum absolute atomic E-state index is 13.6. The molecule has 1 N–H and O–H groups in total. The maximum atomic E-state index is 13.6. The number of nitrogens with zero attached hydrogens (tertiary/aromatic N) is 1. The fraction of sp³-hybridized carbons (Fsp3) is 0.529. The van der Waals surface area contributed by atoms with Gasteiger partial charge in [0.15, 0.2) is 11.4 Å². The zero-order chi connectivity index (χ0) is 16.8. The summed E-state index contributed by atoms with van der Waals surface area (Å²) in [4.78, 5) is 16.4. The summed E-state index contributed by atoms with van der Waals surface area (Å²) >= 11 is 0. The van der Waals surface area contributed by atoms with Crippen LogP contribution in [0.3, 0.4) is 0 Å². The molecule has 1 aliphatic rings. The van der Waals surface area contributed by atoms with Crippen molar-refractivity contribution in [3.8, 4) is 0 Å². The number of oxazole rings is 1. The normalized spacial score (nSPS) is 23.9. The van der Waals surface area contributed by atoms with Crippen molar-refractivity contribution in [1.82, 2.24) is 4.98 Å². The Morgan fingerprint density at radius 3 is 2.78 bits per heavy atom. The number of hydrogen-bond donors (Lipinski definition) is 1. The predicted octanol–water partition coefficient (Wildman–Crippen LogP) is 4.51. The highest BCUT2D eigenvalue weighted by Crippen LogP contribution is 2.42. The van der Waals surface area contributed by atoms with Crippen molar-refractivity contribution >= 4 is 23.0 Å². The minimum atomic E-state index is -0.809. The average molecular weight is 322 g/mol. The number of carbonyl (C=O) groups excluding carboxylic acids is 1. The van der Waals surface area contributed by atoms with Gasteiger partial charge in [0, 0.05) is 18.1 Å². The molecule has 1 aromatic carbocycles. The van der Waals surface area contributed by atoms with E-state index in [1.54, 1.807) is 0 Å². The van der Waals surface area contributed by atoms with E-state index in [0.29, 0.717) is 5.92 Å². The highest BCUT2D eigenvalue weighted by Gasteiger charge is 2.35. The summed E-state index contributed by atoms with van der Waals surface area (Å²) in [5, 5.41) is 2.60. The van der Waals surface area contributed by atoms with Crippen LogP contribution in [0.2, 0.25) is 0 Å². The Balaban J connectivity index is 1.79. The standard InChI is InChI=1S/C17H20F2N2O2/c1-9-4-10(8-17(2,3)7-9)15(22)21-16-20-14-12(19)5-11(18)6-13(14)23-16/h5-6,9-10H,4,7-8H2,1-3H3,(H,20,21,22). The Labute approximate surface area is 133 Å². The summed E-state index contributed by atoms with van der Waals surface area (Å²) in [5.74, 6) is -1.41. The second kappa shape index (κ2) is 5.58. The van der Waals surface area contributed by atoms with Gasteiger partial charge in [-0.1, -0.05) is 20.8 Å². The molecule has 1 amide bonds. The number of fused-ring (bicyclic) bond motifs is 1. The summed E-state index contributed by atoms with van der Waals surface area (Å²) in [7, 11) is 0. The minimum absolute atomic E-state index is 0.0184. The number of rotatable bonds is 2. The van der Waals surface area contributed by atoms with Gasteiger partial charge in [-0.05, 0) is 30.6 Å². The van der Waals surface area contributed by atoms with Crippen molar-refractivity contribution in [2.45, 2.75) is 40.0 Å². The summed E-state index contributed by atoms with van der Waals surface area (Å²) in [6.45, 7) is 6.44. The fourth-order valence-electron chi connectivity index (χ4n) is 3.76. The van der Waals surface area contributed by atoms with Gasteiger partial charge in [-0.3, -0.25) is 10.1 Å². The van der Waals surface area contributed by atoms with E-state index in [2.05, 4.69) is 31.1 Å². The van der Waals surface area contributed by atoms with Gasteiger partial charge in [0.2, 0.25) is 5.91 Å². The highest BCUT2D eigenvalue weighted by atomic mass is 19.1. The zero-order valence-corrected chi connectivity index (χ0v) is 13.5. The van der Waals surface area contributed by atoms with Crippen LogP contribution in [-0.4, -0.2) is 10.9 Å². The van der Waals surface area contributed by atoms with Crippen molar-refractivity contribution in [3.05, 3.63) is 23.8 Å². The number of halogens is 2. The van der Waals surface area contributed by atoms with Gasteiger partial charge in [0.25, 0.3) is 0 Å². The third-order valence-electron chi connectivity index (χ3n) is 4.40. The molecule has 0 spiro atoms. The van der Waals surface area contributed by atoms with E-state index in [1.807, 2.05) is 0 Å². The summed E-state index contributed by atoms with van der Waals surface area (Å²) in [6.07, 6.45) is 2.68. The molecule has 6 heteroatoms. The second-order valence-electron chi connectivity index (χ2n) is 7.35. The van der Waals surface area contributed by atoms with Crippen LogP contribution >= 0.6 is 0 Å². The van der Waals surface area contributed by atoms with Gasteiger partial charge in [0.05, 0.1) is 0 Å². The van der Waals surface area contributed by atoms with Crippen LogP contribution in [-0.2, 0) is 4.79 Å². The van der Waals surface area contributed by atoms with E-state index in [4.69, 9.17) is 4.42 Å². The minimum Gasteiger partial charge on any atom is -0.423 e. The predicted molar refractivity (Wildman–Crippen MR) is 82.8 cm³/mol. The molecule has 0 radical (unpaired) electrons. The Morgan fingerprint density at radius 2 is 2.09 bits per heavy atom.